The fourth-order valence-corrected chi connectivity index (χ4v) is 2.32. The predicted molar refractivity (Wildman–Crippen MR) is 77.8 cm³/mol. The Bertz CT molecular complexity index is 399. The third-order valence-electron chi connectivity index (χ3n) is 2.86. The molecule has 19 heavy (non-hydrogen) atoms. The molecule has 3 N–H and O–H groups in total. The maximum atomic E-state index is 11.9. The summed E-state index contributed by atoms with van der Waals surface area (Å²) in [5.74, 6) is 0.568. The molecular weight excluding hydrogens is 287 g/mol. The van der Waals surface area contributed by atoms with Gasteiger partial charge in [0.05, 0.1) is 5.02 Å². The molecule has 1 amide bonds. The van der Waals surface area contributed by atoms with E-state index in [0.717, 1.165) is 6.42 Å². The Hall–Kier alpha value is -0.710. The van der Waals surface area contributed by atoms with E-state index in [1.54, 1.807) is 0 Å². The molecule has 0 aliphatic carbocycles. The molecule has 108 valence electrons. The summed E-state index contributed by atoms with van der Waals surface area (Å²) in [6.07, 6.45) is 1.65. The van der Waals surface area contributed by atoms with Gasteiger partial charge in [-0.1, -0.05) is 37.0 Å². The van der Waals surface area contributed by atoms with E-state index in [0.29, 0.717) is 29.6 Å². The first-order valence-electron chi connectivity index (χ1n) is 6.37. The second-order valence-corrected chi connectivity index (χ2v) is 5.85. The van der Waals surface area contributed by atoms with Gasteiger partial charge in [0.25, 0.3) is 5.91 Å². The van der Waals surface area contributed by atoms with Crippen molar-refractivity contribution < 1.29 is 9.90 Å². The maximum absolute atomic E-state index is 11.9. The van der Waals surface area contributed by atoms with Crippen LogP contribution in [0.4, 0.5) is 0 Å². The van der Waals surface area contributed by atoms with Gasteiger partial charge in [-0.2, -0.15) is 0 Å². The van der Waals surface area contributed by atoms with Crippen molar-refractivity contribution in [3.63, 3.8) is 0 Å². The van der Waals surface area contributed by atoms with Crippen LogP contribution in [0.15, 0.2) is 6.07 Å². The number of H-pyrrole nitrogens is 1. The van der Waals surface area contributed by atoms with Gasteiger partial charge in [-0.15, -0.1) is 0 Å². The van der Waals surface area contributed by atoms with Crippen LogP contribution < -0.4 is 5.32 Å². The van der Waals surface area contributed by atoms with Gasteiger partial charge < -0.3 is 15.4 Å². The van der Waals surface area contributed by atoms with Gasteiger partial charge in [0.2, 0.25) is 0 Å². The number of amides is 1. The molecule has 1 aromatic heterocycles. The third-order valence-corrected chi connectivity index (χ3v) is 3.56. The highest BCUT2D eigenvalue weighted by molar-refractivity contribution is 6.41. The number of halogens is 2. The number of aliphatic hydroxyl groups is 1. The van der Waals surface area contributed by atoms with Crippen molar-refractivity contribution in [3.8, 4) is 0 Å². The number of rotatable bonds is 7. The fraction of sp³-hybridized carbons (Fsp3) is 0.615. The predicted octanol–water partition coefficient (Wildman–Crippen LogP) is 3.10. The zero-order valence-electron chi connectivity index (χ0n) is 11.2. The van der Waals surface area contributed by atoms with E-state index in [1.807, 2.05) is 0 Å². The fourth-order valence-electron chi connectivity index (χ4n) is 2.01. The first-order chi connectivity index (χ1) is 8.93. The van der Waals surface area contributed by atoms with Crippen molar-refractivity contribution in [1.82, 2.24) is 10.3 Å². The molecule has 1 unspecified atom stereocenters. The molecular formula is C13H20Cl2N2O2. The van der Waals surface area contributed by atoms with Crippen LogP contribution in [0.2, 0.25) is 10.2 Å². The Morgan fingerprint density at radius 2 is 2.16 bits per heavy atom. The summed E-state index contributed by atoms with van der Waals surface area (Å²) in [4.78, 5) is 14.6. The number of aromatic nitrogens is 1. The lowest BCUT2D eigenvalue weighted by molar-refractivity contribution is 0.0937. The van der Waals surface area contributed by atoms with Crippen LogP contribution in [0.5, 0.6) is 0 Å². The Labute approximate surface area is 123 Å². The highest BCUT2D eigenvalue weighted by Crippen LogP contribution is 2.22. The molecule has 0 fully saturated rings. The minimum absolute atomic E-state index is 0.132. The van der Waals surface area contributed by atoms with Gasteiger partial charge in [0.15, 0.2) is 0 Å². The Kier molecular flexibility index (Phi) is 6.69. The van der Waals surface area contributed by atoms with Gasteiger partial charge in [-0.3, -0.25) is 4.79 Å². The highest BCUT2D eigenvalue weighted by atomic mass is 35.5. The van der Waals surface area contributed by atoms with E-state index in [-0.39, 0.29) is 23.6 Å². The monoisotopic (exact) mass is 306 g/mol. The first-order valence-corrected chi connectivity index (χ1v) is 7.12. The van der Waals surface area contributed by atoms with Crippen molar-refractivity contribution >= 4 is 29.1 Å². The van der Waals surface area contributed by atoms with Crippen LogP contribution in [-0.2, 0) is 0 Å². The van der Waals surface area contributed by atoms with Crippen LogP contribution in [-0.4, -0.2) is 29.1 Å². The summed E-state index contributed by atoms with van der Waals surface area (Å²) in [5.41, 5.74) is 0.349. The number of carbonyl (C=O) groups excluding carboxylic acids is 1. The van der Waals surface area contributed by atoms with Gasteiger partial charge in [-0.05, 0) is 30.7 Å². The SMILES string of the molecule is CC(C)CC(CCO)CNC(=O)c1cc(Cl)c(Cl)[nH]1. The summed E-state index contributed by atoms with van der Waals surface area (Å²) in [6, 6.07) is 1.50. The number of aliphatic hydroxyl groups excluding tert-OH is 1. The minimum Gasteiger partial charge on any atom is -0.396 e. The molecule has 0 aliphatic rings. The summed E-state index contributed by atoms with van der Waals surface area (Å²) in [6.45, 7) is 4.91. The quantitative estimate of drug-likeness (QED) is 0.725. The summed E-state index contributed by atoms with van der Waals surface area (Å²) < 4.78 is 0. The standard InChI is InChI=1S/C13H20Cl2N2O2/c1-8(2)5-9(3-4-18)7-16-13(19)11-6-10(14)12(15)17-11/h6,8-9,17-18H,3-5,7H2,1-2H3,(H,16,19). The molecule has 1 rings (SSSR count). The average molecular weight is 307 g/mol. The van der Waals surface area contributed by atoms with E-state index < -0.39 is 0 Å². The number of carbonyl (C=O) groups is 1. The molecule has 0 aliphatic heterocycles. The number of hydrogen-bond donors (Lipinski definition) is 3. The highest BCUT2D eigenvalue weighted by Gasteiger charge is 2.15. The second kappa shape index (κ2) is 7.78. The molecule has 6 heteroatoms. The van der Waals surface area contributed by atoms with E-state index in [1.165, 1.54) is 6.07 Å². The minimum atomic E-state index is -0.236. The summed E-state index contributed by atoms with van der Waals surface area (Å²) >= 11 is 11.5. The lowest BCUT2D eigenvalue weighted by Crippen LogP contribution is -2.30. The molecule has 1 heterocycles. The largest absolute Gasteiger partial charge is 0.396 e. The average Bonchev–Trinajstić information content (AvgIpc) is 2.66. The zero-order chi connectivity index (χ0) is 14.4. The number of nitrogens with one attached hydrogen (secondary N) is 2. The Morgan fingerprint density at radius 1 is 1.47 bits per heavy atom. The topological polar surface area (TPSA) is 65.1 Å². The first kappa shape index (κ1) is 16.3. The molecule has 0 spiro atoms. The van der Waals surface area contributed by atoms with Crippen LogP contribution in [0.3, 0.4) is 0 Å². The van der Waals surface area contributed by atoms with Crippen molar-refractivity contribution in [2.45, 2.75) is 26.7 Å². The summed E-state index contributed by atoms with van der Waals surface area (Å²) in [7, 11) is 0. The van der Waals surface area contributed by atoms with Crippen molar-refractivity contribution in [2.75, 3.05) is 13.2 Å². The molecule has 4 nitrogen and oxygen atoms in total. The van der Waals surface area contributed by atoms with Crippen LogP contribution >= 0.6 is 23.2 Å². The number of hydrogen-bond acceptors (Lipinski definition) is 2. The normalized spacial score (nSPS) is 12.7. The molecule has 0 bridgehead atoms. The van der Waals surface area contributed by atoms with Crippen molar-refractivity contribution in [3.05, 3.63) is 21.9 Å². The molecule has 1 aromatic rings. The van der Waals surface area contributed by atoms with Crippen LogP contribution in [0.25, 0.3) is 0 Å². The van der Waals surface area contributed by atoms with Crippen molar-refractivity contribution in [2.24, 2.45) is 11.8 Å². The summed E-state index contributed by atoms with van der Waals surface area (Å²) in [5, 5.41) is 12.4. The lowest BCUT2D eigenvalue weighted by atomic mass is 9.94. The van der Waals surface area contributed by atoms with E-state index in [9.17, 15) is 4.79 Å². The van der Waals surface area contributed by atoms with E-state index in [2.05, 4.69) is 24.1 Å². The molecule has 1 atom stereocenters. The zero-order valence-corrected chi connectivity index (χ0v) is 12.7. The van der Waals surface area contributed by atoms with Gasteiger partial charge in [0, 0.05) is 13.2 Å². The van der Waals surface area contributed by atoms with Crippen LogP contribution in [0.1, 0.15) is 37.2 Å². The second-order valence-electron chi connectivity index (χ2n) is 5.06. The van der Waals surface area contributed by atoms with Gasteiger partial charge in [0.1, 0.15) is 10.8 Å². The smallest absolute Gasteiger partial charge is 0.267 e. The molecule has 0 saturated carbocycles. The van der Waals surface area contributed by atoms with Gasteiger partial charge in [-0.25, -0.2) is 0 Å². The van der Waals surface area contributed by atoms with E-state index in [4.69, 9.17) is 28.3 Å². The molecule has 0 radical (unpaired) electrons. The Balaban J connectivity index is 2.51. The number of aromatic amines is 1. The maximum Gasteiger partial charge on any atom is 0.267 e. The van der Waals surface area contributed by atoms with Crippen LogP contribution in [0, 0.1) is 11.8 Å². The lowest BCUT2D eigenvalue weighted by Gasteiger charge is -2.18. The molecule has 0 aromatic carbocycles. The van der Waals surface area contributed by atoms with E-state index >= 15 is 0 Å². The van der Waals surface area contributed by atoms with Gasteiger partial charge >= 0.3 is 0 Å². The molecule has 0 saturated heterocycles. The van der Waals surface area contributed by atoms with Crippen molar-refractivity contribution in [1.29, 1.82) is 0 Å². The third kappa shape index (κ3) is 5.43. The Morgan fingerprint density at radius 3 is 2.63 bits per heavy atom.